The first-order chi connectivity index (χ1) is 12.5. The number of esters is 1. The molecule has 0 saturated heterocycles. The third-order valence-electron chi connectivity index (χ3n) is 6.74. The molecule has 0 radical (unpaired) electrons. The molecule has 5 atom stereocenters. The van der Waals surface area contributed by atoms with E-state index in [9.17, 15) is 36.2 Å². The SMILES string of the molecule is C=C(C)C(=O)OC12CC3CC(C1)C(C)(OCC(O)(C(F)(F)F)C(F)(F)F)C3C2. The molecule has 0 aliphatic heterocycles. The topological polar surface area (TPSA) is 55.8 Å². The van der Waals surface area contributed by atoms with Gasteiger partial charge in [0.05, 0.1) is 12.2 Å². The van der Waals surface area contributed by atoms with Gasteiger partial charge in [-0.3, -0.25) is 0 Å². The minimum atomic E-state index is -5.92. The summed E-state index contributed by atoms with van der Waals surface area (Å²) in [7, 11) is 0. The van der Waals surface area contributed by atoms with E-state index >= 15 is 0 Å². The molecule has 0 spiro atoms. The normalized spacial score (nSPS) is 37.4. The zero-order valence-corrected chi connectivity index (χ0v) is 15.4. The van der Waals surface area contributed by atoms with Gasteiger partial charge in [-0.15, -0.1) is 0 Å². The van der Waals surface area contributed by atoms with E-state index in [1.54, 1.807) is 0 Å². The molecule has 4 saturated carbocycles. The van der Waals surface area contributed by atoms with Crippen molar-refractivity contribution in [1.82, 2.24) is 0 Å². The summed E-state index contributed by atoms with van der Waals surface area (Å²) in [5, 5.41) is 9.38. The van der Waals surface area contributed by atoms with Gasteiger partial charge >= 0.3 is 18.3 Å². The van der Waals surface area contributed by atoms with E-state index in [0.29, 0.717) is 25.7 Å². The molecule has 4 aliphatic rings. The number of carbonyl (C=O) groups is 1. The summed E-state index contributed by atoms with van der Waals surface area (Å²) < 4.78 is 88.4. The monoisotopic (exact) mass is 416 g/mol. The third kappa shape index (κ3) is 3.03. The average Bonchev–Trinajstić information content (AvgIpc) is 2.89. The Morgan fingerprint density at radius 3 is 2.18 bits per heavy atom. The highest BCUT2D eigenvalue weighted by Gasteiger charge is 2.73. The summed E-state index contributed by atoms with van der Waals surface area (Å²) in [5.74, 6) is -1.30. The molecule has 4 aliphatic carbocycles. The van der Waals surface area contributed by atoms with Crippen LogP contribution in [0.25, 0.3) is 0 Å². The highest BCUT2D eigenvalue weighted by molar-refractivity contribution is 5.87. The number of alkyl halides is 6. The number of halogens is 6. The molecule has 0 aromatic rings. The van der Waals surface area contributed by atoms with Crippen LogP contribution in [0, 0.1) is 17.8 Å². The Bertz CT molecular complexity index is 669. The van der Waals surface area contributed by atoms with Crippen LogP contribution in [-0.2, 0) is 14.3 Å². The molecule has 4 bridgehead atoms. The first kappa shape index (κ1) is 21.4. The lowest BCUT2D eigenvalue weighted by molar-refractivity contribution is -0.384. The molecule has 4 fully saturated rings. The summed E-state index contributed by atoms with van der Waals surface area (Å²) in [4.78, 5) is 11.9. The molecular formula is C18H22F6O4. The van der Waals surface area contributed by atoms with Crippen LogP contribution in [0.2, 0.25) is 0 Å². The summed E-state index contributed by atoms with van der Waals surface area (Å²) in [6.07, 6.45) is -10.2. The highest BCUT2D eigenvalue weighted by Crippen LogP contribution is 2.66. The predicted molar refractivity (Wildman–Crippen MR) is 84.0 cm³/mol. The van der Waals surface area contributed by atoms with Crippen LogP contribution in [0.5, 0.6) is 0 Å². The second-order valence-electron chi connectivity index (χ2n) is 8.59. The number of hydrogen-bond donors (Lipinski definition) is 1. The van der Waals surface area contributed by atoms with Crippen LogP contribution >= 0.6 is 0 Å². The van der Waals surface area contributed by atoms with Crippen molar-refractivity contribution >= 4 is 5.97 Å². The maximum absolute atomic E-state index is 12.9. The van der Waals surface area contributed by atoms with Crippen LogP contribution in [0.3, 0.4) is 0 Å². The fourth-order valence-corrected chi connectivity index (χ4v) is 5.21. The van der Waals surface area contributed by atoms with E-state index in [0.717, 1.165) is 0 Å². The standard InChI is InChI=1S/C18H22F6O4/c1-9(2)13(25)28-15-5-10-4-11(6-15)14(3,12(10)7-15)27-8-16(26,17(19,20)21)18(22,23)24/h10-12,26H,1,4-8H2,2-3H3. The summed E-state index contributed by atoms with van der Waals surface area (Å²) >= 11 is 0. The van der Waals surface area contributed by atoms with Gasteiger partial charge in [-0.25, -0.2) is 4.79 Å². The van der Waals surface area contributed by atoms with Crippen molar-refractivity contribution in [3.63, 3.8) is 0 Å². The second kappa shape index (κ2) is 6.10. The molecule has 1 N–H and O–H groups in total. The zero-order chi connectivity index (χ0) is 21.3. The molecule has 4 nitrogen and oxygen atoms in total. The molecule has 4 rings (SSSR count). The highest BCUT2D eigenvalue weighted by atomic mass is 19.4. The smallest absolute Gasteiger partial charge is 0.428 e. The maximum Gasteiger partial charge on any atom is 0.428 e. The van der Waals surface area contributed by atoms with Crippen molar-refractivity contribution in [1.29, 1.82) is 0 Å². The van der Waals surface area contributed by atoms with Gasteiger partial charge < -0.3 is 14.6 Å². The fourth-order valence-electron chi connectivity index (χ4n) is 5.21. The Morgan fingerprint density at radius 1 is 1.14 bits per heavy atom. The van der Waals surface area contributed by atoms with E-state index in [-0.39, 0.29) is 23.3 Å². The Hall–Kier alpha value is -1.29. The molecule has 160 valence electrons. The molecule has 0 aromatic heterocycles. The quantitative estimate of drug-likeness (QED) is 0.419. The maximum atomic E-state index is 12.9. The number of aliphatic hydroxyl groups is 1. The van der Waals surface area contributed by atoms with E-state index < -0.39 is 41.7 Å². The molecule has 0 heterocycles. The van der Waals surface area contributed by atoms with Crippen LogP contribution in [0.4, 0.5) is 26.3 Å². The van der Waals surface area contributed by atoms with Gasteiger partial charge in [-0.1, -0.05) is 6.58 Å². The number of carbonyl (C=O) groups excluding carboxylic acids is 1. The van der Waals surface area contributed by atoms with Gasteiger partial charge in [-0.2, -0.15) is 26.3 Å². The van der Waals surface area contributed by atoms with E-state index in [2.05, 4.69) is 6.58 Å². The zero-order valence-electron chi connectivity index (χ0n) is 15.4. The van der Waals surface area contributed by atoms with Crippen molar-refractivity contribution in [2.24, 2.45) is 17.8 Å². The minimum Gasteiger partial charge on any atom is -0.456 e. The van der Waals surface area contributed by atoms with Crippen molar-refractivity contribution in [2.45, 2.75) is 68.7 Å². The molecule has 10 heteroatoms. The molecule has 5 unspecified atom stereocenters. The lowest BCUT2D eigenvalue weighted by atomic mass is 9.70. The van der Waals surface area contributed by atoms with Crippen LogP contribution in [-0.4, -0.2) is 46.8 Å². The van der Waals surface area contributed by atoms with E-state index in [1.807, 2.05) is 0 Å². The Labute approximate surface area is 157 Å². The van der Waals surface area contributed by atoms with Crippen molar-refractivity contribution in [2.75, 3.05) is 6.61 Å². The van der Waals surface area contributed by atoms with Crippen LogP contribution < -0.4 is 0 Å². The number of ether oxygens (including phenoxy) is 2. The van der Waals surface area contributed by atoms with E-state index in [4.69, 9.17) is 9.47 Å². The van der Waals surface area contributed by atoms with Gasteiger partial charge in [0.15, 0.2) is 0 Å². The average molecular weight is 416 g/mol. The fraction of sp³-hybridized carbons (Fsp3) is 0.833. The Kier molecular flexibility index (Phi) is 4.67. The summed E-state index contributed by atoms with van der Waals surface area (Å²) in [5.41, 5.74) is -6.75. The Morgan fingerprint density at radius 2 is 1.71 bits per heavy atom. The Balaban J connectivity index is 1.78. The molecular weight excluding hydrogens is 394 g/mol. The number of rotatable bonds is 5. The largest absolute Gasteiger partial charge is 0.456 e. The van der Waals surface area contributed by atoms with Gasteiger partial charge in [-0.05, 0) is 57.3 Å². The molecule has 0 amide bonds. The van der Waals surface area contributed by atoms with Crippen LogP contribution in [0.15, 0.2) is 12.2 Å². The van der Waals surface area contributed by atoms with Gasteiger partial charge in [0.1, 0.15) is 5.60 Å². The van der Waals surface area contributed by atoms with E-state index in [1.165, 1.54) is 13.8 Å². The predicted octanol–water partition coefficient (Wildman–Crippen LogP) is 3.93. The lowest BCUT2D eigenvalue weighted by Gasteiger charge is -2.47. The first-order valence-corrected chi connectivity index (χ1v) is 8.93. The lowest BCUT2D eigenvalue weighted by Crippen LogP contribution is -2.62. The van der Waals surface area contributed by atoms with Gasteiger partial charge in [0, 0.05) is 5.57 Å². The van der Waals surface area contributed by atoms with Crippen molar-refractivity contribution in [3.8, 4) is 0 Å². The third-order valence-corrected chi connectivity index (χ3v) is 6.74. The van der Waals surface area contributed by atoms with Crippen LogP contribution in [0.1, 0.15) is 39.5 Å². The summed E-state index contributed by atoms with van der Waals surface area (Å²) in [6, 6.07) is 0. The van der Waals surface area contributed by atoms with Gasteiger partial charge in [0.2, 0.25) is 0 Å². The minimum absolute atomic E-state index is 0.0217. The van der Waals surface area contributed by atoms with Gasteiger partial charge in [0.25, 0.3) is 5.60 Å². The molecule has 28 heavy (non-hydrogen) atoms. The summed E-state index contributed by atoms with van der Waals surface area (Å²) in [6.45, 7) is 4.59. The number of hydrogen-bond acceptors (Lipinski definition) is 4. The second-order valence-corrected chi connectivity index (χ2v) is 8.59. The molecule has 0 aromatic carbocycles. The van der Waals surface area contributed by atoms with Crippen molar-refractivity contribution < 1.29 is 45.7 Å². The first-order valence-electron chi connectivity index (χ1n) is 8.93. The van der Waals surface area contributed by atoms with Crippen molar-refractivity contribution in [3.05, 3.63) is 12.2 Å².